The third kappa shape index (κ3) is 11.2. The molecular formula is C4H8N2O5S2. The van der Waals surface area contributed by atoms with Crippen LogP contribution in [0.25, 0.3) is 0 Å². The SMILES string of the molecule is O=S(=O)=NCCOCCN=S(=O)=O. The third-order valence-corrected chi connectivity index (χ3v) is 1.65. The molecule has 0 amide bonds. The molecule has 0 heterocycles. The van der Waals surface area contributed by atoms with Crippen molar-refractivity contribution in [2.75, 3.05) is 26.3 Å². The highest BCUT2D eigenvalue weighted by molar-refractivity contribution is 7.61. The van der Waals surface area contributed by atoms with E-state index in [1.54, 1.807) is 0 Å². The van der Waals surface area contributed by atoms with Gasteiger partial charge in [-0.3, -0.25) is 0 Å². The fraction of sp³-hybridized carbons (Fsp3) is 1.00. The van der Waals surface area contributed by atoms with Crippen LogP contribution in [0.2, 0.25) is 0 Å². The smallest absolute Gasteiger partial charge is 0.311 e. The number of nitrogens with zero attached hydrogens (tertiary/aromatic N) is 2. The van der Waals surface area contributed by atoms with E-state index >= 15 is 0 Å². The molecule has 0 radical (unpaired) electrons. The van der Waals surface area contributed by atoms with Crippen LogP contribution < -0.4 is 0 Å². The van der Waals surface area contributed by atoms with E-state index in [0.717, 1.165) is 0 Å². The number of rotatable bonds is 6. The minimum absolute atomic E-state index is 0.0383. The van der Waals surface area contributed by atoms with Gasteiger partial charge in [0.25, 0.3) is 0 Å². The lowest BCUT2D eigenvalue weighted by Gasteiger charge is -1.95. The maximum atomic E-state index is 9.86. The van der Waals surface area contributed by atoms with Crippen LogP contribution in [-0.4, -0.2) is 43.1 Å². The van der Waals surface area contributed by atoms with E-state index in [0.29, 0.717) is 0 Å². The standard InChI is InChI=1S/C4H8N2O5S2/c7-12(8)5-1-3-11-4-2-6-13(9)10/h1-4H2. The van der Waals surface area contributed by atoms with Gasteiger partial charge in [0, 0.05) is 0 Å². The van der Waals surface area contributed by atoms with Crippen molar-refractivity contribution in [3.8, 4) is 0 Å². The Morgan fingerprint density at radius 3 is 1.54 bits per heavy atom. The molecule has 13 heavy (non-hydrogen) atoms. The van der Waals surface area contributed by atoms with Gasteiger partial charge in [0.15, 0.2) is 0 Å². The molecule has 76 valence electrons. The summed E-state index contributed by atoms with van der Waals surface area (Å²) in [5.74, 6) is 0. The third-order valence-electron chi connectivity index (χ3n) is 0.865. The maximum absolute atomic E-state index is 9.86. The predicted octanol–water partition coefficient (Wildman–Crippen LogP) is -0.872. The topological polar surface area (TPSA) is 102 Å². The Labute approximate surface area is 78.1 Å². The fourth-order valence-corrected chi connectivity index (χ4v) is 0.902. The van der Waals surface area contributed by atoms with Crippen molar-refractivity contribution in [2.45, 2.75) is 0 Å². The quantitative estimate of drug-likeness (QED) is 0.550. The molecule has 0 bridgehead atoms. The van der Waals surface area contributed by atoms with E-state index in [-0.39, 0.29) is 26.3 Å². The van der Waals surface area contributed by atoms with Crippen molar-refractivity contribution in [3.05, 3.63) is 0 Å². The first-order valence-electron chi connectivity index (χ1n) is 3.24. The molecule has 0 aliphatic rings. The molecular weight excluding hydrogens is 220 g/mol. The summed E-state index contributed by atoms with van der Waals surface area (Å²) in [6.45, 7) is 0.344. The molecule has 0 aliphatic carbocycles. The van der Waals surface area contributed by atoms with Gasteiger partial charge < -0.3 is 4.74 Å². The molecule has 7 nitrogen and oxygen atoms in total. The van der Waals surface area contributed by atoms with E-state index < -0.39 is 21.0 Å². The molecule has 0 aromatic carbocycles. The van der Waals surface area contributed by atoms with Gasteiger partial charge in [-0.1, -0.05) is 0 Å². The van der Waals surface area contributed by atoms with Gasteiger partial charge in [-0.2, -0.15) is 25.6 Å². The fourth-order valence-electron chi connectivity index (χ4n) is 0.455. The van der Waals surface area contributed by atoms with Gasteiger partial charge in [-0.15, -0.1) is 0 Å². The van der Waals surface area contributed by atoms with Crippen LogP contribution in [0.4, 0.5) is 0 Å². The molecule has 0 atom stereocenters. The first kappa shape index (κ1) is 12.2. The first-order chi connectivity index (χ1) is 6.13. The molecule has 0 fully saturated rings. The molecule has 0 aromatic rings. The molecule has 0 spiro atoms. The predicted molar refractivity (Wildman–Crippen MR) is 43.2 cm³/mol. The number of hydrogen-bond donors (Lipinski definition) is 0. The highest BCUT2D eigenvalue weighted by Crippen LogP contribution is 1.77. The second-order valence-corrected chi connectivity index (χ2v) is 3.14. The van der Waals surface area contributed by atoms with Crippen LogP contribution in [0.1, 0.15) is 0 Å². The summed E-state index contributed by atoms with van der Waals surface area (Å²) in [6, 6.07) is 0. The summed E-state index contributed by atoms with van der Waals surface area (Å²) in [5, 5.41) is 0. The van der Waals surface area contributed by atoms with Crippen LogP contribution in [0, 0.1) is 0 Å². The molecule has 9 heteroatoms. The largest absolute Gasteiger partial charge is 0.378 e. The lowest BCUT2D eigenvalue weighted by Crippen LogP contribution is -2.02. The lowest BCUT2D eigenvalue weighted by atomic mass is 10.7. The van der Waals surface area contributed by atoms with Gasteiger partial charge in [0.05, 0.1) is 26.3 Å². The van der Waals surface area contributed by atoms with Crippen molar-refractivity contribution < 1.29 is 21.6 Å². The van der Waals surface area contributed by atoms with Crippen LogP contribution in [0.15, 0.2) is 8.73 Å². The second-order valence-electron chi connectivity index (χ2n) is 1.75. The Kier molecular flexibility index (Phi) is 7.35. The van der Waals surface area contributed by atoms with Gasteiger partial charge in [-0.25, -0.2) is 0 Å². The van der Waals surface area contributed by atoms with Gasteiger partial charge >= 0.3 is 21.0 Å². The average molecular weight is 228 g/mol. The van der Waals surface area contributed by atoms with Crippen molar-refractivity contribution in [3.63, 3.8) is 0 Å². The molecule has 0 rings (SSSR count). The zero-order chi connectivity index (χ0) is 10.1. The van der Waals surface area contributed by atoms with E-state index in [4.69, 9.17) is 4.74 Å². The van der Waals surface area contributed by atoms with Gasteiger partial charge in [0.1, 0.15) is 0 Å². The second kappa shape index (κ2) is 7.83. The summed E-state index contributed by atoms with van der Waals surface area (Å²) in [7, 11) is -4.81. The van der Waals surface area contributed by atoms with Crippen LogP contribution in [0.3, 0.4) is 0 Å². The van der Waals surface area contributed by atoms with Gasteiger partial charge in [-0.05, 0) is 0 Å². The van der Waals surface area contributed by atoms with Crippen LogP contribution in [0.5, 0.6) is 0 Å². The maximum Gasteiger partial charge on any atom is 0.311 e. The summed E-state index contributed by atoms with van der Waals surface area (Å²) in [6.07, 6.45) is 0. The zero-order valence-electron chi connectivity index (χ0n) is 6.58. The first-order valence-corrected chi connectivity index (χ1v) is 5.31. The summed E-state index contributed by atoms with van der Waals surface area (Å²) in [5.41, 5.74) is 0. The highest BCUT2D eigenvalue weighted by Gasteiger charge is 1.86. The minimum atomic E-state index is -2.41. The van der Waals surface area contributed by atoms with Crippen molar-refractivity contribution in [2.24, 2.45) is 8.73 Å². The minimum Gasteiger partial charge on any atom is -0.378 e. The van der Waals surface area contributed by atoms with Crippen molar-refractivity contribution in [1.82, 2.24) is 0 Å². The lowest BCUT2D eigenvalue weighted by molar-refractivity contribution is 0.150. The number of ether oxygens (including phenoxy) is 1. The molecule has 0 N–H and O–H groups in total. The molecule has 0 aliphatic heterocycles. The average Bonchev–Trinajstić information content (AvgIpc) is 2.01. The van der Waals surface area contributed by atoms with Crippen LogP contribution >= 0.6 is 0 Å². The summed E-state index contributed by atoms with van der Waals surface area (Å²) < 4.78 is 50.4. The van der Waals surface area contributed by atoms with Crippen molar-refractivity contribution >= 4 is 21.0 Å². The summed E-state index contributed by atoms with van der Waals surface area (Å²) in [4.78, 5) is 0. The van der Waals surface area contributed by atoms with E-state index in [9.17, 15) is 16.8 Å². The molecule has 0 unspecified atom stereocenters. The monoisotopic (exact) mass is 228 g/mol. The van der Waals surface area contributed by atoms with Crippen LogP contribution in [-0.2, 0) is 25.7 Å². The highest BCUT2D eigenvalue weighted by atomic mass is 32.2. The molecule has 0 aromatic heterocycles. The van der Waals surface area contributed by atoms with Gasteiger partial charge in [0.2, 0.25) is 0 Å². The molecule has 0 saturated carbocycles. The van der Waals surface area contributed by atoms with E-state index in [2.05, 4.69) is 8.73 Å². The Hall–Kier alpha value is -0.800. The summed E-state index contributed by atoms with van der Waals surface area (Å²) >= 11 is 0. The Morgan fingerprint density at radius 2 is 1.23 bits per heavy atom. The Bertz CT molecular complexity index is 327. The van der Waals surface area contributed by atoms with Crippen molar-refractivity contribution in [1.29, 1.82) is 0 Å². The van der Waals surface area contributed by atoms with E-state index in [1.165, 1.54) is 0 Å². The zero-order valence-corrected chi connectivity index (χ0v) is 8.21. The normalized spacial score (nSPS) is 9.23. The molecule has 0 saturated heterocycles. The Morgan fingerprint density at radius 1 is 0.846 bits per heavy atom. The Balaban J connectivity index is 3.38. The number of hydrogen-bond acceptors (Lipinski definition) is 7. The van der Waals surface area contributed by atoms with E-state index in [1.807, 2.05) is 0 Å².